The van der Waals surface area contributed by atoms with Gasteiger partial charge in [0.05, 0.1) is 25.9 Å². The summed E-state index contributed by atoms with van der Waals surface area (Å²) in [5.74, 6) is 0.377. The predicted octanol–water partition coefficient (Wildman–Crippen LogP) is 3.31. The fourth-order valence-corrected chi connectivity index (χ4v) is 2.58. The van der Waals surface area contributed by atoms with E-state index in [2.05, 4.69) is 10.6 Å². The Morgan fingerprint density at radius 3 is 2.16 bits per heavy atom. The fourth-order valence-electron chi connectivity index (χ4n) is 2.58. The summed E-state index contributed by atoms with van der Waals surface area (Å²) in [6.45, 7) is 12.9. The van der Waals surface area contributed by atoms with Crippen LogP contribution in [0.5, 0.6) is 5.75 Å². The highest BCUT2D eigenvalue weighted by atomic mass is 16.6. The van der Waals surface area contributed by atoms with E-state index in [0.717, 1.165) is 24.8 Å². The Kier molecular flexibility index (Phi) is 19.5. The molecular weight excluding hydrogens is 400 g/mol. The maximum atomic E-state index is 11.8. The molecule has 0 aromatic heterocycles. The number of hydrogen-bond donors (Lipinski definition) is 3. The molecular formula is C23H42N2O6. The van der Waals surface area contributed by atoms with E-state index in [-0.39, 0.29) is 24.1 Å². The number of aliphatic hydroxyl groups is 1. The Morgan fingerprint density at radius 2 is 1.71 bits per heavy atom. The molecule has 1 fully saturated rings. The summed E-state index contributed by atoms with van der Waals surface area (Å²) in [6.07, 6.45) is 0.519. The Bertz CT molecular complexity index is 578. The van der Waals surface area contributed by atoms with Crippen LogP contribution >= 0.6 is 0 Å². The average Bonchev–Trinajstić information content (AvgIpc) is 3.22. The van der Waals surface area contributed by atoms with Crippen LogP contribution in [0, 0.1) is 0 Å². The van der Waals surface area contributed by atoms with E-state index in [9.17, 15) is 9.59 Å². The van der Waals surface area contributed by atoms with Gasteiger partial charge in [-0.2, -0.15) is 0 Å². The molecule has 1 heterocycles. The van der Waals surface area contributed by atoms with Crippen molar-refractivity contribution in [2.75, 3.05) is 27.4 Å². The summed E-state index contributed by atoms with van der Waals surface area (Å²) in [6, 6.07) is 7.54. The number of ether oxygens (including phenoxy) is 3. The second-order valence-corrected chi connectivity index (χ2v) is 6.23. The molecule has 8 nitrogen and oxygen atoms in total. The third-order valence-electron chi connectivity index (χ3n) is 3.82. The quantitative estimate of drug-likeness (QED) is 0.507. The first-order chi connectivity index (χ1) is 15.0. The lowest BCUT2D eigenvalue weighted by molar-refractivity contribution is -0.156. The van der Waals surface area contributed by atoms with Crippen molar-refractivity contribution >= 4 is 12.0 Å². The highest BCUT2D eigenvalue weighted by Gasteiger charge is 2.22. The summed E-state index contributed by atoms with van der Waals surface area (Å²) >= 11 is 0. The molecule has 1 aromatic carbocycles. The third kappa shape index (κ3) is 13.6. The lowest BCUT2D eigenvalue weighted by atomic mass is 10.1. The van der Waals surface area contributed by atoms with Gasteiger partial charge in [-0.15, -0.1) is 0 Å². The molecule has 2 rings (SSSR count). The molecule has 8 heteroatoms. The number of urea groups is 1. The minimum atomic E-state index is -0.616. The van der Waals surface area contributed by atoms with E-state index >= 15 is 0 Å². The second-order valence-electron chi connectivity index (χ2n) is 6.23. The summed E-state index contributed by atoms with van der Waals surface area (Å²) < 4.78 is 16.1. The van der Waals surface area contributed by atoms with Crippen molar-refractivity contribution in [1.29, 1.82) is 0 Å². The zero-order chi connectivity index (χ0) is 24.2. The zero-order valence-corrected chi connectivity index (χ0v) is 20.4. The van der Waals surface area contributed by atoms with Crippen LogP contribution in [-0.2, 0) is 20.7 Å². The standard InChI is InChI=1S/C18H26N2O5.2C2H6.CH4O/c1-12(2)25-16(17(21)23-3)10-13-4-6-15(7-5-13)24-9-8-14-11-19-18(22)20-14;3*1-2/h4-7,12,14,16H,8-11H2,1-3H3,(H2,19,20,22);2*1-2H3;2H,1H3/t14-,16-;;;/m0.../s1. The molecule has 1 aliphatic heterocycles. The van der Waals surface area contributed by atoms with Crippen molar-refractivity contribution < 1.29 is 28.9 Å². The van der Waals surface area contributed by atoms with Crippen molar-refractivity contribution in [2.24, 2.45) is 0 Å². The summed E-state index contributed by atoms with van der Waals surface area (Å²) in [5.41, 5.74) is 0.968. The molecule has 31 heavy (non-hydrogen) atoms. The van der Waals surface area contributed by atoms with Gasteiger partial charge in [-0.1, -0.05) is 39.8 Å². The van der Waals surface area contributed by atoms with Gasteiger partial charge in [-0.05, 0) is 31.5 Å². The number of methoxy groups -OCH3 is 1. The Morgan fingerprint density at radius 1 is 1.13 bits per heavy atom. The van der Waals surface area contributed by atoms with Crippen molar-refractivity contribution in [1.82, 2.24) is 10.6 Å². The maximum Gasteiger partial charge on any atom is 0.335 e. The molecule has 0 bridgehead atoms. The van der Waals surface area contributed by atoms with Crippen LogP contribution in [0.25, 0.3) is 0 Å². The van der Waals surface area contributed by atoms with Gasteiger partial charge in [0.1, 0.15) is 5.75 Å². The zero-order valence-electron chi connectivity index (χ0n) is 20.4. The third-order valence-corrected chi connectivity index (χ3v) is 3.82. The first-order valence-electron chi connectivity index (χ1n) is 10.9. The van der Waals surface area contributed by atoms with Crippen LogP contribution in [0.2, 0.25) is 0 Å². The van der Waals surface area contributed by atoms with E-state index in [1.807, 2.05) is 65.8 Å². The van der Waals surface area contributed by atoms with Gasteiger partial charge in [0, 0.05) is 26.5 Å². The van der Waals surface area contributed by atoms with Gasteiger partial charge in [-0.3, -0.25) is 0 Å². The lowest BCUT2D eigenvalue weighted by Crippen LogP contribution is -2.30. The first kappa shape index (κ1) is 30.9. The summed E-state index contributed by atoms with van der Waals surface area (Å²) in [7, 11) is 2.36. The van der Waals surface area contributed by atoms with Crippen molar-refractivity contribution in [3.05, 3.63) is 29.8 Å². The van der Waals surface area contributed by atoms with E-state index in [1.165, 1.54) is 7.11 Å². The number of carbonyl (C=O) groups excluding carboxylic acids is 2. The molecule has 180 valence electrons. The molecule has 0 saturated carbocycles. The second kappa shape index (κ2) is 19.6. The molecule has 0 spiro atoms. The van der Waals surface area contributed by atoms with E-state index in [1.54, 1.807) is 0 Å². The van der Waals surface area contributed by atoms with Crippen molar-refractivity contribution in [2.45, 2.75) is 72.6 Å². The van der Waals surface area contributed by atoms with Crippen LogP contribution in [0.15, 0.2) is 24.3 Å². The number of aliphatic hydroxyl groups excluding tert-OH is 1. The maximum absolute atomic E-state index is 11.8. The van der Waals surface area contributed by atoms with Crippen molar-refractivity contribution in [3.8, 4) is 5.75 Å². The smallest absolute Gasteiger partial charge is 0.335 e. The number of hydrogen-bond acceptors (Lipinski definition) is 6. The van der Waals surface area contributed by atoms with E-state index in [0.29, 0.717) is 19.6 Å². The van der Waals surface area contributed by atoms with Crippen LogP contribution < -0.4 is 15.4 Å². The topological polar surface area (TPSA) is 106 Å². The highest BCUT2D eigenvalue weighted by Crippen LogP contribution is 2.16. The molecule has 0 aliphatic carbocycles. The number of benzene rings is 1. The molecule has 3 N–H and O–H groups in total. The lowest BCUT2D eigenvalue weighted by Gasteiger charge is -2.18. The Hall–Kier alpha value is -2.32. The number of carbonyl (C=O) groups is 2. The van der Waals surface area contributed by atoms with Gasteiger partial charge in [-0.25, -0.2) is 9.59 Å². The van der Waals surface area contributed by atoms with Crippen LogP contribution in [-0.4, -0.2) is 62.7 Å². The number of amides is 2. The minimum Gasteiger partial charge on any atom is -0.494 e. The first-order valence-corrected chi connectivity index (χ1v) is 10.9. The highest BCUT2D eigenvalue weighted by molar-refractivity contribution is 5.76. The van der Waals surface area contributed by atoms with Gasteiger partial charge in [0.2, 0.25) is 0 Å². The number of esters is 1. The van der Waals surface area contributed by atoms with Crippen LogP contribution in [0.3, 0.4) is 0 Å². The minimum absolute atomic E-state index is 0.0581. The van der Waals surface area contributed by atoms with Crippen molar-refractivity contribution in [3.63, 3.8) is 0 Å². The predicted molar refractivity (Wildman–Crippen MR) is 123 cm³/mol. The number of rotatable bonds is 9. The molecule has 1 saturated heterocycles. The fraction of sp³-hybridized carbons (Fsp3) is 0.652. The van der Waals surface area contributed by atoms with E-state index in [4.69, 9.17) is 19.3 Å². The molecule has 2 atom stereocenters. The van der Waals surface area contributed by atoms with Gasteiger partial charge >= 0.3 is 12.0 Å². The normalized spacial score (nSPS) is 14.9. The van der Waals surface area contributed by atoms with Gasteiger partial charge in [0.25, 0.3) is 0 Å². The molecule has 0 unspecified atom stereocenters. The molecule has 0 radical (unpaired) electrons. The average molecular weight is 443 g/mol. The SMILES string of the molecule is CC.CC.CO.COC(=O)[C@H](Cc1ccc(OCC[C@H]2CNC(=O)N2)cc1)OC(C)C. The Labute approximate surface area is 187 Å². The van der Waals surface area contributed by atoms with Gasteiger partial charge in [0.15, 0.2) is 6.10 Å². The monoisotopic (exact) mass is 442 g/mol. The van der Waals surface area contributed by atoms with Gasteiger partial charge < -0.3 is 30.0 Å². The van der Waals surface area contributed by atoms with E-state index < -0.39 is 6.10 Å². The molecule has 2 amide bonds. The summed E-state index contributed by atoms with van der Waals surface area (Å²) in [4.78, 5) is 22.8. The van der Waals surface area contributed by atoms with Crippen LogP contribution in [0.1, 0.15) is 53.5 Å². The number of nitrogens with one attached hydrogen (secondary N) is 2. The Balaban J connectivity index is 0. The molecule has 1 aromatic rings. The van der Waals surface area contributed by atoms with Crippen LogP contribution in [0.4, 0.5) is 4.79 Å². The summed E-state index contributed by atoms with van der Waals surface area (Å²) in [5, 5.41) is 12.5. The largest absolute Gasteiger partial charge is 0.494 e. The molecule has 1 aliphatic rings.